The second-order valence-electron chi connectivity index (χ2n) is 7.03. The summed E-state index contributed by atoms with van der Waals surface area (Å²) in [5.41, 5.74) is 2.52. The van der Waals surface area contributed by atoms with Crippen LogP contribution in [0.1, 0.15) is 0 Å². The molecule has 1 aliphatic rings. The summed E-state index contributed by atoms with van der Waals surface area (Å²) < 4.78 is 21.6. The third-order valence-corrected chi connectivity index (χ3v) is 5.20. The number of hydrogen-bond donors (Lipinski definition) is 2. The topological polar surface area (TPSA) is 114 Å². The Morgan fingerprint density at radius 2 is 1.59 bits per heavy atom. The average molecular weight is 439 g/mol. The van der Waals surface area contributed by atoms with Crippen LogP contribution in [0.5, 0.6) is 17.2 Å². The Hall–Kier alpha value is -3.79. The monoisotopic (exact) mass is 439 g/mol. The van der Waals surface area contributed by atoms with E-state index in [1.165, 1.54) is 0 Å². The molecule has 0 radical (unpaired) electrons. The number of azo groups is 1. The molecule has 0 saturated carbocycles. The highest BCUT2D eigenvalue weighted by molar-refractivity contribution is 5.73. The second kappa shape index (κ2) is 9.56. The van der Waals surface area contributed by atoms with E-state index in [0.29, 0.717) is 41.7 Å². The number of nitrogens with one attached hydrogen (secondary N) is 2. The van der Waals surface area contributed by atoms with E-state index in [1.54, 1.807) is 39.5 Å². The van der Waals surface area contributed by atoms with Crippen LogP contribution in [0.3, 0.4) is 0 Å². The first-order valence-electron chi connectivity index (χ1n) is 10.1. The first-order valence-corrected chi connectivity index (χ1v) is 10.1. The molecule has 0 aliphatic carbocycles. The minimum atomic E-state index is -0.375. The molecule has 0 atom stereocenters. The van der Waals surface area contributed by atoms with Gasteiger partial charge in [-0.1, -0.05) is 0 Å². The van der Waals surface area contributed by atoms with Crippen molar-refractivity contribution < 1.29 is 18.9 Å². The number of H-pyrrole nitrogens is 2. The summed E-state index contributed by atoms with van der Waals surface area (Å²) >= 11 is 0. The van der Waals surface area contributed by atoms with E-state index < -0.39 is 0 Å². The number of aromatic nitrogens is 2. The summed E-state index contributed by atoms with van der Waals surface area (Å²) in [6, 6.07) is 10.9. The Labute approximate surface area is 184 Å². The van der Waals surface area contributed by atoms with Crippen LogP contribution in [0.25, 0.3) is 11.3 Å². The van der Waals surface area contributed by atoms with Gasteiger partial charge in [0.25, 0.3) is 5.56 Å². The lowest BCUT2D eigenvalue weighted by molar-refractivity contribution is 0.122. The van der Waals surface area contributed by atoms with Gasteiger partial charge in [-0.3, -0.25) is 15.0 Å². The second-order valence-corrected chi connectivity index (χ2v) is 7.03. The van der Waals surface area contributed by atoms with Crippen molar-refractivity contribution in [3.63, 3.8) is 0 Å². The van der Waals surface area contributed by atoms with Crippen LogP contribution < -0.4 is 24.7 Å². The Bertz CT molecular complexity index is 1160. The van der Waals surface area contributed by atoms with E-state index in [4.69, 9.17) is 18.9 Å². The molecule has 1 aliphatic heterocycles. The standard InChI is InChI=1S/C22H25N5O5/c1-29-17-7-5-15(13-16(17)27-8-10-32-11-9-27)23-25-21-20(24-26-22(21)28)14-4-6-18(30-2)19(12-14)31-3/h4-7,12-13H,8-11H2,1-3H3,(H2,24,26,28). The predicted molar refractivity (Wildman–Crippen MR) is 120 cm³/mol. The molecule has 32 heavy (non-hydrogen) atoms. The quantitative estimate of drug-likeness (QED) is 0.543. The number of benzene rings is 2. The van der Waals surface area contributed by atoms with Crippen molar-refractivity contribution in [2.75, 3.05) is 52.5 Å². The maximum Gasteiger partial charge on any atom is 0.292 e. The lowest BCUT2D eigenvalue weighted by Crippen LogP contribution is -2.36. The van der Waals surface area contributed by atoms with Gasteiger partial charge < -0.3 is 23.8 Å². The van der Waals surface area contributed by atoms with Gasteiger partial charge in [0.15, 0.2) is 17.2 Å². The molecule has 1 aromatic heterocycles. The molecule has 10 nitrogen and oxygen atoms in total. The third-order valence-electron chi connectivity index (χ3n) is 5.20. The van der Waals surface area contributed by atoms with E-state index in [2.05, 4.69) is 25.3 Å². The van der Waals surface area contributed by atoms with Crippen LogP contribution in [0, 0.1) is 0 Å². The zero-order chi connectivity index (χ0) is 22.5. The van der Waals surface area contributed by atoms with Gasteiger partial charge in [-0.2, -0.15) is 5.11 Å². The number of hydrogen-bond acceptors (Lipinski definition) is 8. The molecular formula is C22H25N5O5. The molecule has 2 N–H and O–H groups in total. The van der Waals surface area contributed by atoms with Crippen LogP contribution >= 0.6 is 0 Å². The minimum Gasteiger partial charge on any atom is -0.495 e. The molecule has 1 fully saturated rings. The molecule has 0 spiro atoms. The molecule has 0 amide bonds. The summed E-state index contributed by atoms with van der Waals surface area (Å²) in [6.45, 7) is 2.83. The van der Waals surface area contributed by atoms with E-state index in [-0.39, 0.29) is 11.2 Å². The summed E-state index contributed by atoms with van der Waals surface area (Å²) in [4.78, 5) is 14.6. The smallest absolute Gasteiger partial charge is 0.292 e. The Kier molecular flexibility index (Phi) is 6.41. The van der Waals surface area contributed by atoms with Crippen molar-refractivity contribution in [3.8, 4) is 28.5 Å². The Morgan fingerprint density at radius 3 is 2.31 bits per heavy atom. The first kappa shape index (κ1) is 21.4. The maximum absolute atomic E-state index is 12.4. The van der Waals surface area contributed by atoms with Crippen LogP contribution in [0.2, 0.25) is 0 Å². The SMILES string of the molecule is COc1ccc(-c2[nH][nH]c(=O)c2N=Nc2ccc(OC)c(N3CCOCC3)c2)cc1OC. The van der Waals surface area contributed by atoms with Gasteiger partial charge in [0.2, 0.25) is 0 Å². The van der Waals surface area contributed by atoms with Crippen LogP contribution in [0.15, 0.2) is 51.4 Å². The molecule has 168 valence electrons. The van der Waals surface area contributed by atoms with E-state index in [1.807, 2.05) is 18.2 Å². The molecule has 2 aromatic carbocycles. The zero-order valence-corrected chi connectivity index (χ0v) is 18.2. The first-order chi connectivity index (χ1) is 15.6. The van der Waals surface area contributed by atoms with E-state index >= 15 is 0 Å². The lowest BCUT2D eigenvalue weighted by atomic mass is 10.1. The van der Waals surface area contributed by atoms with Crippen LogP contribution in [0.4, 0.5) is 17.1 Å². The number of aromatic amines is 2. The van der Waals surface area contributed by atoms with Gasteiger partial charge in [-0.25, -0.2) is 0 Å². The fraction of sp³-hybridized carbons (Fsp3) is 0.318. The fourth-order valence-corrected chi connectivity index (χ4v) is 3.55. The average Bonchev–Trinajstić information content (AvgIpc) is 3.22. The highest BCUT2D eigenvalue weighted by atomic mass is 16.5. The van der Waals surface area contributed by atoms with Crippen molar-refractivity contribution >= 4 is 17.1 Å². The van der Waals surface area contributed by atoms with Crippen LogP contribution in [-0.2, 0) is 4.74 Å². The Morgan fingerprint density at radius 1 is 0.875 bits per heavy atom. The van der Waals surface area contributed by atoms with E-state index in [9.17, 15) is 4.79 Å². The highest BCUT2D eigenvalue weighted by Gasteiger charge is 2.17. The van der Waals surface area contributed by atoms with Crippen molar-refractivity contribution in [3.05, 3.63) is 46.8 Å². The van der Waals surface area contributed by atoms with Gasteiger partial charge >= 0.3 is 0 Å². The van der Waals surface area contributed by atoms with Gasteiger partial charge in [0, 0.05) is 18.7 Å². The molecule has 2 heterocycles. The van der Waals surface area contributed by atoms with Crippen molar-refractivity contribution in [2.24, 2.45) is 10.2 Å². The molecule has 4 rings (SSSR count). The molecule has 3 aromatic rings. The van der Waals surface area contributed by atoms with Crippen molar-refractivity contribution in [2.45, 2.75) is 0 Å². The molecule has 0 unspecified atom stereocenters. The number of methoxy groups -OCH3 is 3. The molecule has 0 bridgehead atoms. The van der Waals surface area contributed by atoms with Gasteiger partial charge in [0.05, 0.1) is 51.6 Å². The van der Waals surface area contributed by atoms with Gasteiger partial charge in [-0.15, -0.1) is 5.11 Å². The minimum absolute atomic E-state index is 0.168. The fourth-order valence-electron chi connectivity index (χ4n) is 3.55. The van der Waals surface area contributed by atoms with Gasteiger partial charge in [-0.05, 0) is 36.4 Å². The third kappa shape index (κ3) is 4.30. The number of rotatable bonds is 7. The lowest BCUT2D eigenvalue weighted by Gasteiger charge is -2.30. The zero-order valence-electron chi connectivity index (χ0n) is 18.2. The summed E-state index contributed by atoms with van der Waals surface area (Å²) in [5, 5.41) is 14.0. The number of ether oxygens (including phenoxy) is 4. The Balaban J connectivity index is 1.66. The summed E-state index contributed by atoms with van der Waals surface area (Å²) in [5.74, 6) is 1.88. The number of nitrogens with zero attached hydrogens (tertiary/aromatic N) is 3. The predicted octanol–water partition coefficient (Wildman–Crippen LogP) is 3.65. The van der Waals surface area contributed by atoms with Crippen molar-refractivity contribution in [1.82, 2.24) is 10.2 Å². The van der Waals surface area contributed by atoms with Crippen LogP contribution in [-0.4, -0.2) is 57.8 Å². The maximum atomic E-state index is 12.4. The normalized spacial score (nSPS) is 14.0. The molecular weight excluding hydrogens is 414 g/mol. The van der Waals surface area contributed by atoms with Gasteiger partial charge in [0.1, 0.15) is 5.75 Å². The number of morpholine rings is 1. The molecule has 1 saturated heterocycles. The largest absolute Gasteiger partial charge is 0.495 e. The van der Waals surface area contributed by atoms with Crippen molar-refractivity contribution in [1.29, 1.82) is 0 Å². The molecule has 10 heteroatoms. The summed E-state index contributed by atoms with van der Waals surface area (Å²) in [6.07, 6.45) is 0. The van der Waals surface area contributed by atoms with E-state index in [0.717, 1.165) is 24.5 Å². The summed E-state index contributed by atoms with van der Waals surface area (Å²) in [7, 11) is 4.75. The highest BCUT2D eigenvalue weighted by Crippen LogP contribution is 2.36. The number of anilines is 1.